The normalized spacial score (nSPS) is 22.1. The molecule has 1 aromatic rings. The van der Waals surface area contributed by atoms with E-state index in [0.29, 0.717) is 18.3 Å². The van der Waals surface area contributed by atoms with Gasteiger partial charge in [-0.1, -0.05) is 18.2 Å². The highest BCUT2D eigenvalue weighted by Crippen LogP contribution is 2.33. The first-order chi connectivity index (χ1) is 9.83. The van der Waals surface area contributed by atoms with Gasteiger partial charge in [-0.2, -0.15) is 11.8 Å². The first kappa shape index (κ1) is 13.8. The SMILES string of the molecule is O=C(CC1CNc2ccccc21)NCC1CCSCC1. The standard InChI is InChI=1S/C16H22N2OS/c19-16(18-10-12-5-7-20-8-6-12)9-13-11-17-15-4-2-1-3-14(13)15/h1-4,12-13,17H,5-11H2,(H,18,19). The van der Waals surface area contributed by atoms with Crippen LogP contribution in [0.1, 0.15) is 30.7 Å². The molecule has 0 radical (unpaired) electrons. The van der Waals surface area contributed by atoms with Gasteiger partial charge in [-0.25, -0.2) is 0 Å². The second-order valence-corrected chi connectivity index (χ2v) is 6.95. The monoisotopic (exact) mass is 290 g/mol. The first-order valence-corrected chi connectivity index (χ1v) is 8.65. The second kappa shape index (κ2) is 6.53. The van der Waals surface area contributed by atoms with Gasteiger partial charge in [0.25, 0.3) is 0 Å². The van der Waals surface area contributed by atoms with E-state index in [4.69, 9.17) is 0 Å². The van der Waals surface area contributed by atoms with E-state index >= 15 is 0 Å². The third-order valence-corrected chi connectivity index (χ3v) is 5.35. The molecule has 2 N–H and O–H groups in total. The van der Waals surface area contributed by atoms with E-state index in [9.17, 15) is 4.79 Å². The minimum atomic E-state index is 0.201. The van der Waals surface area contributed by atoms with Crippen LogP contribution in [0.25, 0.3) is 0 Å². The summed E-state index contributed by atoms with van der Waals surface area (Å²) < 4.78 is 0. The molecule has 3 rings (SSSR count). The lowest BCUT2D eigenvalue weighted by molar-refractivity contribution is -0.121. The minimum Gasteiger partial charge on any atom is -0.384 e. The van der Waals surface area contributed by atoms with Gasteiger partial charge in [-0.3, -0.25) is 4.79 Å². The van der Waals surface area contributed by atoms with Crippen LogP contribution >= 0.6 is 11.8 Å². The average Bonchev–Trinajstić information content (AvgIpc) is 2.90. The number of carbonyl (C=O) groups is 1. The highest BCUT2D eigenvalue weighted by Gasteiger charge is 2.24. The summed E-state index contributed by atoms with van der Waals surface area (Å²) in [5, 5.41) is 6.51. The largest absolute Gasteiger partial charge is 0.384 e. The fourth-order valence-corrected chi connectivity index (χ4v) is 4.25. The molecule has 0 aromatic heterocycles. The van der Waals surface area contributed by atoms with E-state index in [1.807, 2.05) is 17.8 Å². The van der Waals surface area contributed by atoms with E-state index in [1.165, 1.54) is 35.6 Å². The lowest BCUT2D eigenvalue weighted by Crippen LogP contribution is -2.32. The fraction of sp³-hybridized carbons (Fsp3) is 0.562. The summed E-state index contributed by atoms with van der Waals surface area (Å²) in [4.78, 5) is 12.1. The molecule has 1 unspecified atom stereocenters. The summed E-state index contributed by atoms with van der Waals surface area (Å²) in [6.45, 7) is 1.74. The van der Waals surface area contributed by atoms with Crippen molar-refractivity contribution in [3.63, 3.8) is 0 Å². The number of amides is 1. The van der Waals surface area contributed by atoms with Gasteiger partial charge in [0.2, 0.25) is 5.91 Å². The molecular formula is C16H22N2OS. The summed E-state index contributed by atoms with van der Waals surface area (Å²) in [5.41, 5.74) is 2.48. The van der Waals surface area contributed by atoms with Gasteiger partial charge in [0, 0.05) is 31.1 Å². The molecule has 2 aliphatic heterocycles. The molecule has 0 bridgehead atoms. The molecule has 1 fully saturated rings. The molecule has 1 saturated heterocycles. The summed E-state index contributed by atoms with van der Waals surface area (Å²) in [7, 11) is 0. The number of nitrogens with one attached hydrogen (secondary N) is 2. The zero-order valence-corrected chi connectivity index (χ0v) is 12.5. The maximum absolute atomic E-state index is 12.1. The number of thioether (sulfide) groups is 1. The Hall–Kier alpha value is -1.16. The quantitative estimate of drug-likeness (QED) is 0.896. The van der Waals surface area contributed by atoms with Gasteiger partial charge in [-0.15, -0.1) is 0 Å². The van der Waals surface area contributed by atoms with E-state index in [1.54, 1.807) is 0 Å². The van der Waals surface area contributed by atoms with Gasteiger partial charge < -0.3 is 10.6 Å². The summed E-state index contributed by atoms with van der Waals surface area (Å²) in [6, 6.07) is 8.31. The Morgan fingerprint density at radius 2 is 2.10 bits per heavy atom. The van der Waals surface area contributed by atoms with Gasteiger partial charge in [-0.05, 0) is 41.9 Å². The van der Waals surface area contributed by atoms with Gasteiger partial charge in [0.15, 0.2) is 0 Å². The Morgan fingerprint density at radius 1 is 1.30 bits per heavy atom. The van der Waals surface area contributed by atoms with Crippen molar-refractivity contribution >= 4 is 23.4 Å². The zero-order valence-electron chi connectivity index (χ0n) is 11.7. The van der Waals surface area contributed by atoms with E-state index < -0.39 is 0 Å². The Morgan fingerprint density at radius 3 is 2.95 bits per heavy atom. The molecule has 0 saturated carbocycles. The van der Waals surface area contributed by atoms with Gasteiger partial charge in [0.05, 0.1) is 0 Å². The van der Waals surface area contributed by atoms with Crippen molar-refractivity contribution < 1.29 is 4.79 Å². The third kappa shape index (κ3) is 3.29. The van der Waals surface area contributed by atoms with Gasteiger partial charge >= 0.3 is 0 Å². The molecule has 1 atom stereocenters. The minimum absolute atomic E-state index is 0.201. The van der Waals surface area contributed by atoms with E-state index in [-0.39, 0.29) is 5.91 Å². The number of rotatable bonds is 4. The highest BCUT2D eigenvalue weighted by molar-refractivity contribution is 7.99. The predicted octanol–water partition coefficient (Wildman–Crippen LogP) is 2.85. The molecule has 3 nitrogen and oxygen atoms in total. The van der Waals surface area contributed by atoms with Crippen LogP contribution in [0.4, 0.5) is 5.69 Å². The predicted molar refractivity (Wildman–Crippen MR) is 85.3 cm³/mol. The maximum atomic E-state index is 12.1. The number of hydrogen-bond donors (Lipinski definition) is 2. The molecule has 0 aliphatic carbocycles. The Bertz CT molecular complexity index is 471. The molecular weight excluding hydrogens is 268 g/mol. The molecule has 20 heavy (non-hydrogen) atoms. The Labute approximate surface area is 124 Å². The van der Waals surface area contributed by atoms with Gasteiger partial charge in [0.1, 0.15) is 0 Å². The average molecular weight is 290 g/mol. The van der Waals surface area contributed by atoms with Crippen molar-refractivity contribution in [3.8, 4) is 0 Å². The highest BCUT2D eigenvalue weighted by atomic mass is 32.2. The Kier molecular flexibility index (Phi) is 4.51. The number of hydrogen-bond acceptors (Lipinski definition) is 3. The van der Waals surface area contributed by atoms with E-state index in [0.717, 1.165) is 13.1 Å². The van der Waals surface area contributed by atoms with Crippen LogP contribution in [0.2, 0.25) is 0 Å². The molecule has 0 spiro atoms. The van der Waals surface area contributed by atoms with Crippen molar-refractivity contribution in [2.24, 2.45) is 5.92 Å². The van der Waals surface area contributed by atoms with Crippen LogP contribution in [-0.2, 0) is 4.79 Å². The van der Waals surface area contributed by atoms with Crippen LogP contribution in [0.15, 0.2) is 24.3 Å². The third-order valence-electron chi connectivity index (χ3n) is 4.30. The van der Waals surface area contributed by atoms with E-state index in [2.05, 4.69) is 28.8 Å². The molecule has 4 heteroatoms. The van der Waals surface area contributed by atoms with Crippen molar-refractivity contribution in [3.05, 3.63) is 29.8 Å². The smallest absolute Gasteiger partial charge is 0.220 e. The maximum Gasteiger partial charge on any atom is 0.220 e. The lowest BCUT2D eigenvalue weighted by Gasteiger charge is -2.21. The second-order valence-electron chi connectivity index (χ2n) is 5.73. The topological polar surface area (TPSA) is 41.1 Å². The number of fused-ring (bicyclic) bond motifs is 1. The molecule has 2 heterocycles. The van der Waals surface area contributed by atoms with Crippen LogP contribution in [0, 0.1) is 5.92 Å². The Balaban J connectivity index is 1.47. The molecule has 2 aliphatic rings. The fourth-order valence-electron chi connectivity index (χ4n) is 3.04. The van der Waals surface area contributed by atoms with Crippen molar-refractivity contribution in [2.45, 2.75) is 25.2 Å². The summed E-state index contributed by atoms with van der Waals surface area (Å²) in [6.07, 6.45) is 3.10. The molecule has 108 valence electrons. The van der Waals surface area contributed by atoms with Crippen LogP contribution in [-0.4, -0.2) is 30.5 Å². The molecule has 1 aromatic carbocycles. The number of benzene rings is 1. The van der Waals surface area contributed by atoms with Crippen molar-refractivity contribution in [1.29, 1.82) is 0 Å². The first-order valence-electron chi connectivity index (χ1n) is 7.50. The molecule has 1 amide bonds. The zero-order chi connectivity index (χ0) is 13.8. The van der Waals surface area contributed by atoms with Crippen LogP contribution < -0.4 is 10.6 Å². The summed E-state index contributed by atoms with van der Waals surface area (Å²) >= 11 is 2.03. The number of carbonyl (C=O) groups excluding carboxylic acids is 1. The summed E-state index contributed by atoms with van der Waals surface area (Å²) in [5.74, 6) is 3.72. The van der Waals surface area contributed by atoms with Crippen LogP contribution in [0.5, 0.6) is 0 Å². The van der Waals surface area contributed by atoms with Crippen molar-refractivity contribution in [1.82, 2.24) is 5.32 Å². The van der Waals surface area contributed by atoms with Crippen molar-refractivity contribution in [2.75, 3.05) is 29.9 Å². The number of anilines is 1. The number of para-hydroxylation sites is 1. The lowest BCUT2D eigenvalue weighted by atomic mass is 9.97. The van der Waals surface area contributed by atoms with Crippen LogP contribution in [0.3, 0.4) is 0 Å².